The van der Waals surface area contributed by atoms with Gasteiger partial charge in [0, 0.05) is 23.8 Å². The van der Waals surface area contributed by atoms with Crippen molar-refractivity contribution in [2.45, 2.75) is 33.9 Å². The molecule has 1 N–H and O–H groups in total. The van der Waals surface area contributed by atoms with Crippen LogP contribution in [0.1, 0.15) is 29.2 Å². The second kappa shape index (κ2) is 7.54. The van der Waals surface area contributed by atoms with Crippen molar-refractivity contribution >= 4 is 23.2 Å². The maximum atomic E-state index is 13.1. The lowest BCUT2D eigenvalue weighted by atomic mass is 9.96. The highest BCUT2D eigenvalue weighted by Gasteiger charge is 2.43. The number of hydrogen-bond acceptors (Lipinski definition) is 2. The van der Waals surface area contributed by atoms with E-state index in [9.17, 15) is 22.8 Å². The number of alkyl halides is 3. The Bertz CT molecular complexity index is 949. The highest BCUT2D eigenvalue weighted by Crippen LogP contribution is 2.35. The van der Waals surface area contributed by atoms with Gasteiger partial charge in [0.25, 0.3) is 0 Å². The van der Waals surface area contributed by atoms with Gasteiger partial charge in [-0.25, -0.2) is 0 Å². The predicted octanol–water partition coefficient (Wildman–Crippen LogP) is 4.87. The molecule has 0 aromatic heterocycles. The maximum absolute atomic E-state index is 13.1. The van der Waals surface area contributed by atoms with Crippen molar-refractivity contribution in [3.63, 3.8) is 0 Å². The van der Waals surface area contributed by atoms with E-state index >= 15 is 0 Å². The Morgan fingerprint density at radius 1 is 1.10 bits per heavy atom. The molecule has 2 aromatic carbocycles. The van der Waals surface area contributed by atoms with Gasteiger partial charge >= 0.3 is 6.18 Å². The molecule has 0 aliphatic carbocycles. The van der Waals surface area contributed by atoms with Gasteiger partial charge in [0.05, 0.1) is 11.5 Å². The van der Waals surface area contributed by atoms with Gasteiger partial charge in [-0.15, -0.1) is 0 Å². The molecule has 29 heavy (non-hydrogen) atoms. The molecule has 0 saturated carbocycles. The van der Waals surface area contributed by atoms with Crippen molar-refractivity contribution in [3.05, 3.63) is 58.7 Å². The van der Waals surface area contributed by atoms with E-state index in [0.717, 1.165) is 28.9 Å². The van der Waals surface area contributed by atoms with Crippen molar-refractivity contribution < 1.29 is 22.8 Å². The number of anilines is 2. The molecule has 1 aliphatic rings. The monoisotopic (exact) mass is 404 g/mol. The van der Waals surface area contributed by atoms with Crippen LogP contribution < -0.4 is 10.2 Å². The zero-order valence-corrected chi connectivity index (χ0v) is 16.7. The summed E-state index contributed by atoms with van der Waals surface area (Å²) in [5, 5.41) is 2.57. The summed E-state index contributed by atoms with van der Waals surface area (Å²) in [5.74, 6) is -1.85. The lowest BCUT2D eigenvalue weighted by molar-refractivity contribution is -0.137. The topological polar surface area (TPSA) is 49.4 Å². The summed E-state index contributed by atoms with van der Waals surface area (Å²) in [6.07, 6.45) is -4.50. The fourth-order valence-corrected chi connectivity index (χ4v) is 3.86. The van der Waals surface area contributed by atoms with E-state index in [4.69, 9.17) is 0 Å². The predicted molar refractivity (Wildman–Crippen MR) is 106 cm³/mol. The summed E-state index contributed by atoms with van der Waals surface area (Å²) >= 11 is 0. The standard InChI is InChI=1S/C22H23F3N2O2/c1-12-8-16(22(23,24)25)10-17(9-12)26-20(28)18-11-27(21(29)15(18)4)19-13(2)6-5-7-14(19)3/h5-10,15,18H,11H2,1-4H3,(H,26,28)/t15-,18-/m1/s1. The third kappa shape index (κ3) is 4.13. The third-order valence-electron chi connectivity index (χ3n) is 5.36. The van der Waals surface area contributed by atoms with Crippen LogP contribution >= 0.6 is 0 Å². The largest absolute Gasteiger partial charge is 0.416 e. The third-order valence-corrected chi connectivity index (χ3v) is 5.36. The molecule has 7 heteroatoms. The molecule has 2 aromatic rings. The van der Waals surface area contributed by atoms with E-state index in [0.29, 0.717) is 5.56 Å². The first-order valence-electron chi connectivity index (χ1n) is 9.36. The number of amides is 2. The molecule has 0 spiro atoms. The zero-order valence-electron chi connectivity index (χ0n) is 16.7. The molecule has 1 saturated heterocycles. The summed E-state index contributed by atoms with van der Waals surface area (Å²) in [5.41, 5.74) is 2.30. The van der Waals surface area contributed by atoms with E-state index in [1.807, 2.05) is 32.0 Å². The SMILES string of the molecule is Cc1cc(NC(=O)[C@@H]2CN(c3c(C)cccc3C)C(=O)[C@@H]2C)cc(C(F)(F)F)c1. The minimum atomic E-state index is -4.50. The van der Waals surface area contributed by atoms with Gasteiger partial charge in [0.1, 0.15) is 0 Å². The Morgan fingerprint density at radius 2 is 1.72 bits per heavy atom. The van der Waals surface area contributed by atoms with E-state index < -0.39 is 29.5 Å². The number of halogens is 3. The van der Waals surface area contributed by atoms with Gasteiger partial charge in [-0.3, -0.25) is 9.59 Å². The highest BCUT2D eigenvalue weighted by atomic mass is 19.4. The normalized spacial score (nSPS) is 19.6. The first-order chi connectivity index (χ1) is 13.5. The van der Waals surface area contributed by atoms with Crippen LogP contribution in [0.3, 0.4) is 0 Å². The average molecular weight is 404 g/mol. The van der Waals surface area contributed by atoms with E-state index in [-0.39, 0.29) is 18.1 Å². The van der Waals surface area contributed by atoms with E-state index in [1.54, 1.807) is 11.8 Å². The minimum absolute atomic E-state index is 0.0764. The fraction of sp³-hybridized carbons (Fsp3) is 0.364. The number of para-hydroxylation sites is 1. The van der Waals surface area contributed by atoms with Crippen LogP contribution in [0.5, 0.6) is 0 Å². The summed E-state index contributed by atoms with van der Waals surface area (Å²) in [7, 11) is 0. The Kier molecular flexibility index (Phi) is 5.43. The minimum Gasteiger partial charge on any atom is -0.326 e. The molecule has 4 nitrogen and oxygen atoms in total. The molecule has 1 aliphatic heterocycles. The Labute approximate surface area is 167 Å². The Balaban J connectivity index is 1.84. The lowest BCUT2D eigenvalue weighted by Gasteiger charge is -2.21. The number of benzene rings is 2. The molecule has 0 bridgehead atoms. The van der Waals surface area contributed by atoms with Gasteiger partial charge in [0.15, 0.2) is 0 Å². The highest BCUT2D eigenvalue weighted by molar-refractivity contribution is 6.05. The van der Waals surface area contributed by atoms with Gasteiger partial charge < -0.3 is 10.2 Å². The van der Waals surface area contributed by atoms with Crippen molar-refractivity contribution in [2.24, 2.45) is 11.8 Å². The number of nitrogens with zero attached hydrogens (tertiary/aromatic N) is 1. The van der Waals surface area contributed by atoms with Gasteiger partial charge in [-0.1, -0.05) is 25.1 Å². The molecule has 2 atom stereocenters. The Hall–Kier alpha value is -2.83. The van der Waals surface area contributed by atoms with Crippen LogP contribution in [-0.4, -0.2) is 18.4 Å². The molecular weight excluding hydrogens is 381 g/mol. The van der Waals surface area contributed by atoms with E-state index in [2.05, 4.69) is 5.32 Å². The number of carbonyl (C=O) groups is 2. The molecule has 0 radical (unpaired) electrons. The lowest BCUT2D eigenvalue weighted by Crippen LogP contribution is -2.29. The van der Waals surface area contributed by atoms with Crippen molar-refractivity contribution in [3.8, 4) is 0 Å². The zero-order chi connectivity index (χ0) is 21.5. The molecular formula is C22H23F3N2O2. The molecule has 2 amide bonds. The molecule has 154 valence electrons. The number of carbonyl (C=O) groups excluding carboxylic acids is 2. The van der Waals surface area contributed by atoms with Gasteiger partial charge in [0.2, 0.25) is 11.8 Å². The molecule has 1 heterocycles. The van der Waals surface area contributed by atoms with Crippen LogP contribution in [0, 0.1) is 32.6 Å². The second-order valence-electron chi connectivity index (χ2n) is 7.66. The van der Waals surface area contributed by atoms with Gasteiger partial charge in [-0.05, 0) is 55.7 Å². The second-order valence-corrected chi connectivity index (χ2v) is 7.66. The number of aryl methyl sites for hydroxylation is 3. The fourth-order valence-electron chi connectivity index (χ4n) is 3.86. The van der Waals surface area contributed by atoms with Crippen LogP contribution in [0.2, 0.25) is 0 Å². The van der Waals surface area contributed by atoms with Crippen molar-refractivity contribution in [1.82, 2.24) is 0 Å². The van der Waals surface area contributed by atoms with Crippen LogP contribution in [-0.2, 0) is 15.8 Å². The summed E-state index contributed by atoms with van der Waals surface area (Å²) < 4.78 is 39.2. The van der Waals surface area contributed by atoms with Crippen LogP contribution in [0.25, 0.3) is 0 Å². The first kappa shape index (κ1) is 20.9. The van der Waals surface area contributed by atoms with Gasteiger partial charge in [-0.2, -0.15) is 13.2 Å². The number of hydrogen-bond donors (Lipinski definition) is 1. The molecule has 0 unspecified atom stereocenters. The van der Waals surface area contributed by atoms with E-state index in [1.165, 1.54) is 13.0 Å². The molecule has 3 rings (SSSR count). The van der Waals surface area contributed by atoms with Crippen LogP contribution in [0.15, 0.2) is 36.4 Å². The quantitative estimate of drug-likeness (QED) is 0.794. The molecule has 1 fully saturated rings. The number of nitrogens with one attached hydrogen (secondary N) is 1. The van der Waals surface area contributed by atoms with Crippen molar-refractivity contribution in [1.29, 1.82) is 0 Å². The summed E-state index contributed by atoms with van der Waals surface area (Å²) in [6, 6.07) is 9.13. The maximum Gasteiger partial charge on any atom is 0.416 e. The average Bonchev–Trinajstić information content (AvgIpc) is 2.89. The first-order valence-corrected chi connectivity index (χ1v) is 9.36. The summed E-state index contributed by atoms with van der Waals surface area (Å²) in [4.78, 5) is 27.2. The van der Waals surface area contributed by atoms with Crippen LogP contribution in [0.4, 0.5) is 24.5 Å². The summed E-state index contributed by atoms with van der Waals surface area (Å²) in [6.45, 7) is 7.21. The number of rotatable bonds is 3. The van der Waals surface area contributed by atoms with Crippen molar-refractivity contribution in [2.75, 3.05) is 16.8 Å². The Morgan fingerprint density at radius 3 is 2.31 bits per heavy atom. The smallest absolute Gasteiger partial charge is 0.326 e.